The van der Waals surface area contributed by atoms with E-state index < -0.39 is 0 Å². The lowest BCUT2D eigenvalue weighted by molar-refractivity contribution is 0.101. The molecular formula is C14H28N2. The van der Waals surface area contributed by atoms with E-state index in [0.717, 1.165) is 18.4 Å². The molecule has 1 aliphatic carbocycles. The number of likely N-dealkylation sites (tertiary alicyclic amines) is 1. The van der Waals surface area contributed by atoms with Crippen molar-refractivity contribution in [1.29, 1.82) is 0 Å². The van der Waals surface area contributed by atoms with E-state index in [2.05, 4.69) is 18.7 Å². The molecule has 0 spiro atoms. The molecule has 16 heavy (non-hydrogen) atoms. The van der Waals surface area contributed by atoms with E-state index in [1.54, 1.807) is 0 Å². The summed E-state index contributed by atoms with van der Waals surface area (Å²) in [6.07, 6.45) is 8.20. The van der Waals surface area contributed by atoms with E-state index in [1.807, 2.05) is 0 Å². The van der Waals surface area contributed by atoms with Gasteiger partial charge in [0, 0.05) is 18.6 Å². The van der Waals surface area contributed by atoms with Crippen LogP contribution in [0.4, 0.5) is 0 Å². The molecule has 2 nitrogen and oxygen atoms in total. The number of hydrogen-bond donors (Lipinski definition) is 1. The second kappa shape index (κ2) is 5.05. The molecule has 3 atom stereocenters. The Labute approximate surface area is 101 Å². The molecule has 2 heteroatoms. The van der Waals surface area contributed by atoms with E-state index in [1.165, 1.54) is 51.6 Å². The lowest BCUT2D eigenvalue weighted by Gasteiger charge is -2.41. The summed E-state index contributed by atoms with van der Waals surface area (Å²) in [5.41, 5.74) is 6.49. The third-order valence-corrected chi connectivity index (χ3v) is 4.92. The predicted octanol–water partition coefficient (Wildman–Crippen LogP) is 2.63. The van der Waals surface area contributed by atoms with Crippen molar-refractivity contribution in [2.75, 3.05) is 19.6 Å². The van der Waals surface area contributed by atoms with Gasteiger partial charge in [-0.15, -0.1) is 0 Å². The van der Waals surface area contributed by atoms with Crippen molar-refractivity contribution in [2.24, 2.45) is 17.6 Å². The van der Waals surface area contributed by atoms with Gasteiger partial charge in [0.15, 0.2) is 0 Å². The molecule has 2 aliphatic rings. The lowest BCUT2D eigenvalue weighted by atomic mass is 9.88. The largest absolute Gasteiger partial charge is 0.329 e. The summed E-state index contributed by atoms with van der Waals surface area (Å²) in [7, 11) is 0. The summed E-state index contributed by atoms with van der Waals surface area (Å²) in [6, 6.07) is 0. The molecule has 0 aromatic rings. The van der Waals surface area contributed by atoms with Crippen molar-refractivity contribution in [3.8, 4) is 0 Å². The van der Waals surface area contributed by atoms with Crippen LogP contribution in [0, 0.1) is 11.8 Å². The molecule has 2 N–H and O–H groups in total. The van der Waals surface area contributed by atoms with Crippen LogP contribution in [0.15, 0.2) is 0 Å². The first-order valence-electron chi connectivity index (χ1n) is 7.11. The number of rotatable bonds is 2. The van der Waals surface area contributed by atoms with Gasteiger partial charge in [-0.1, -0.05) is 26.7 Å². The van der Waals surface area contributed by atoms with Crippen molar-refractivity contribution in [2.45, 2.75) is 57.9 Å². The van der Waals surface area contributed by atoms with Crippen molar-refractivity contribution in [3.05, 3.63) is 0 Å². The Balaban J connectivity index is 2.05. The molecule has 2 rings (SSSR count). The second-order valence-corrected chi connectivity index (χ2v) is 6.30. The van der Waals surface area contributed by atoms with Gasteiger partial charge in [0.2, 0.25) is 0 Å². The molecule has 1 saturated carbocycles. The maximum atomic E-state index is 6.14. The minimum Gasteiger partial charge on any atom is -0.329 e. The molecule has 0 amide bonds. The zero-order valence-electron chi connectivity index (χ0n) is 11.0. The van der Waals surface area contributed by atoms with Crippen LogP contribution in [0.25, 0.3) is 0 Å². The Morgan fingerprint density at radius 1 is 1.12 bits per heavy atom. The maximum absolute atomic E-state index is 6.14. The Hall–Kier alpha value is -0.0800. The third kappa shape index (κ3) is 2.43. The molecule has 94 valence electrons. The zero-order chi connectivity index (χ0) is 11.6. The van der Waals surface area contributed by atoms with Crippen LogP contribution in [0.3, 0.4) is 0 Å². The molecule has 0 radical (unpaired) electrons. The van der Waals surface area contributed by atoms with E-state index >= 15 is 0 Å². The zero-order valence-corrected chi connectivity index (χ0v) is 11.0. The summed E-state index contributed by atoms with van der Waals surface area (Å²) < 4.78 is 0. The highest BCUT2D eigenvalue weighted by molar-refractivity contribution is 4.96. The van der Waals surface area contributed by atoms with Crippen LogP contribution < -0.4 is 5.73 Å². The fourth-order valence-corrected chi connectivity index (χ4v) is 3.58. The molecule has 2 fully saturated rings. The van der Waals surface area contributed by atoms with Gasteiger partial charge in [-0.25, -0.2) is 0 Å². The van der Waals surface area contributed by atoms with Crippen molar-refractivity contribution in [3.63, 3.8) is 0 Å². The Morgan fingerprint density at radius 2 is 1.94 bits per heavy atom. The van der Waals surface area contributed by atoms with Gasteiger partial charge in [-0.2, -0.15) is 0 Å². The SMILES string of the molecule is CC1CCCC(CN)(N2CCC(C)C2)CC1. The molecule has 1 aliphatic heterocycles. The summed E-state index contributed by atoms with van der Waals surface area (Å²) in [5.74, 6) is 1.79. The van der Waals surface area contributed by atoms with Crippen molar-refractivity contribution in [1.82, 2.24) is 4.90 Å². The Bertz CT molecular complexity index is 229. The summed E-state index contributed by atoms with van der Waals surface area (Å²) >= 11 is 0. The van der Waals surface area contributed by atoms with Gasteiger partial charge >= 0.3 is 0 Å². The minimum absolute atomic E-state index is 0.357. The first kappa shape index (κ1) is 12.4. The van der Waals surface area contributed by atoms with Gasteiger partial charge in [0.25, 0.3) is 0 Å². The average molecular weight is 224 g/mol. The second-order valence-electron chi connectivity index (χ2n) is 6.30. The van der Waals surface area contributed by atoms with Crippen LogP contribution in [0.1, 0.15) is 52.4 Å². The highest BCUT2D eigenvalue weighted by Crippen LogP contribution is 2.36. The molecule has 3 unspecified atom stereocenters. The van der Waals surface area contributed by atoms with E-state index in [4.69, 9.17) is 5.73 Å². The van der Waals surface area contributed by atoms with Crippen LogP contribution in [0.2, 0.25) is 0 Å². The number of hydrogen-bond acceptors (Lipinski definition) is 2. The first-order chi connectivity index (χ1) is 7.66. The van der Waals surface area contributed by atoms with Crippen molar-refractivity contribution >= 4 is 0 Å². The average Bonchev–Trinajstić information content (AvgIpc) is 2.61. The highest BCUT2D eigenvalue weighted by atomic mass is 15.2. The molecule has 1 heterocycles. The molecule has 0 bridgehead atoms. The molecular weight excluding hydrogens is 196 g/mol. The fraction of sp³-hybridized carbons (Fsp3) is 1.00. The first-order valence-corrected chi connectivity index (χ1v) is 7.11. The lowest BCUT2D eigenvalue weighted by Crippen LogP contribution is -2.52. The van der Waals surface area contributed by atoms with Gasteiger partial charge in [0.1, 0.15) is 0 Å². The quantitative estimate of drug-likeness (QED) is 0.731. The fourth-order valence-electron chi connectivity index (χ4n) is 3.58. The predicted molar refractivity (Wildman–Crippen MR) is 69.4 cm³/mol. The molecule has 0 aromatic carbocycles. The summed E-state index contributed by atoms with van der Waals surface area (Å²) in [5, 5.41) is 0. The van der Waals surface area contributed by atoms with Gasteiger partial charge in [-0.3, -0.25) is 4.90 Å². The minimum atomic E-state index is 0.357. The topological polar surface area (TPSA) is 29.3 Å². The maximum Gasteiger partial charge on any atom is 0.0331 e. The summed E-state index contributed by atoms with van der Waals surface area (Å²) in [4.78, 5) is 2.72. The normalized spacial score (nSPS) is 42.2. The van der Waals surface area contributed by atoms with Crippen LogP contribution in [-0.4, -0.2) is 30.1 Å². The van der Waals surface area contributed by atoms with Gasteiger partial charge < -0.3 is 5.73 Å². The Morgan fingerprint density at radius 3 is 2.56 bits per heavy atom. The standard InChI is InChI=1S/C14H28N2/c1-12-4-3-7-14(11-15,8-5-12)16-9-6-13(2)10-16/h12-13H,3-11,15H2,1-2H3. The highest BCUT2D eigenvalue weighted by Gasteiger charge is 2.39. The van der Waals surface area contributed by atoms with E-state index in [0.29, 0.717) is 5.54 Å². The number of nitrogens with two attached hydrogens (primary N) is 1. The van der Waals surface area contributed by atoms with Crippen LogP contribution in [-0.2, 0) is 0 Å². The molecule has 1 saturated heterocycles. The Kier molecular flexibility index (Phi) is 3.91. The monoisotopic (exact) mass is 224 g/mol. The van der Waals surface area contributed by atoms with E-state index in [-0.39, 0.29) is 0 Å². The van der Waals surface area contributed by atoms with Gasteiger partial charge in [-0.05, 0) is 44.1 Å². The smallest absolute Gasteiger partial charge is 0.0331 e. The third-order valence-electron chi connectivity index (χ3n) is 4.92. The van der Waals surface area contributed by atoms with Crippen LogP contribution >= 0.6 is 0 Å². The van der Waals surface area contributed by atoms with E-state index in [9.17, 15) is 0 Å². The van der Waals surface area contributed by atoms with Gasteiger partial charge in [0.05, 0.1) is 0 Å². The number of nitrogens with zero attached hydrogens (tertiary/aromatic N) is 1. The molecule has 0 aromatic heterocycles. The van der Waals surface area contributed by atoms with Crippen molar-refractivity contribution < 1.29 is 0 Å². The van der Waals surface area contributed by atoms with Crippen LogP contribution in [0.5, 0.6) is 0 Å². The summed E-state index contributed by atoms with van der Waals surface area (Å²) in [6.45, 7) is 8.22.